The fourth-order valence-corrected chi connectivity index (χ4v) is 5.39. The molecule has 0 amide bonds. The van der Waals surface area contributed by atoms with E-state index in [0.717, 1.165) is 0 Å². The van der Waals surface area contributed by atoms with E-state index in [2.05, 4.69) is 33.9 Å². The number of methoxy groups -OCH3 is 4. The number of nitro groups is 1. The first-order chi connectivity index (χ1) is 17.3. The molecule has 0 saturated heterocycles. The number of nitrogens with zero attached hydrogens (tertiary/aromatic N) is 1. The van der Waals surface area contributed by atoms with E-state index in [1.165, 1.54) is 40.6 Å². The van der Waals surface area contributed by atoms with E-state index in [0.29, 0.717) is 45.9 Å². The Morgan fingerprint density at radius 1 is 0.892 bits per heavy atom. The molecule has 1 aliphatic carbocycles. The Balaban J connectivity index is 2.25. The largest absolute Gasteiger partial charge is 0.493 e. The lowest BCUT2D eigenvalue weighted by Crippen LogP contribution is -2.45. The van der Waals surface area contributed by atoms with E-state index in [1.807, 2.05) is 0 Å². The molecule has 10 heteroatoms. The third kappa shape index (κ3) is 5.35. The first-order valence-electron chi connectivity index (χ1n) is 11.9. The highest BCUT2D eigenvalue weighted by Crippen LogP contribution is 2.47. The molecule has 0 saturated carbocycles. The molecular formula is C27H35NO8Si. The number of ether oxygens (including phenoxy) is 4. The summed E-state index contributed by atoms with van der Waals surface area (Å²) in [6.45, 7) is 10.5. The van der Waals surface area contributed by atoms with Crippen LogP contribution in [0.15, 0.2) is 30.3 Å². The van der Waals surface area contributed by atoms with E-state index in [-0.39, 0.29) is 22.3 Å². The van der Waals surface area contributed by atoms with Gasteiger partial charge in [0.2, 0.25) is 5.75 Å². The molecule has 1 unspecified atom stereocenters. The summed E-state index contributed by atoms with van der Waals surface area (Å²) in [5.41, 5.74) is 1.93. The highest BCUT2D eigenvalue weighted by molar-refractivity contribution is 6.74. The smallest absolute Gasteiger partial charge is 0.311 e. The minimum atomic E-state index is -2.31. The molecule has 0 heterocycles. The average Bonchev–Trinajstić information content (AvgIpc) is 3.16. The first-order valence-corrected chi connectivity index (χ1v) is 14.8. The van der Waals surface area contributed by atoms with Gasteiger partial charge in [0.1, 0.15) is 6.10 Å². The predicted octanol–water partition coefficient (Wildman–Crippen LogP) is 5.90. The molecule has 0 fully saturated rings. The molecule has 3 rings (SSSR count). The van der Waals surface area contributed by atoms with Gasteiger partial charge in [-0.05, 0) is 53.0 Å². The van der Waals surface area contributed by atoms with Crippen molar-refractivity contribution in [2.75, 3.05) is 28.4 Å². The van der Waals surface area contributed by atoms with E-state index in [4.69, 9.17) is 23.4 Å². The third-order valence-electron chi connectivity index (χ3n) is 7.15. The van der Waals surface area contributed by atoms with Crippen molar-refractivity contribution < 1.29 is 33.1 Å². The quantitative estimate of drug-likeness (QED) is 0.224. The minimum absolute atomic E-state index is 0.109. The number of benzene rings is 2. The summed E-state index contributed by atoms with van der Waals surface area (Å²) >= 11 is 0. The molecule has 0 aromatic heterocycles. The molecule has 1 aliphatic rings. The van der Waals surface area contributed by atoms with Crippen LogP contribution in [-0.4, -0.2) is 53.6 Å². The van der Waals surface area contributed by atoms with E-state index >= 15 is 0 Å². The second kappa shape index (κ2) is 10.5. The Morgan fingerprint density at radius 3 is 1.92 bits per heavy atom. The van der Waals surface area contributed by atoms with Crippen molar-refractivity contribution in [3.8, 4) is 23.0 Å². The summed E-state index contributed by atoms with van der Waals surface area (Å²) in [6, 6.07) is 8.08. The van der Waals surface area contributed by atoms with Crippen LogP contribution in [0.3, 0.4) is 0 Å². The van der Waals surface area contributed by atoms with Gasteiger partial charge in [-0.15, -0.1) is 0 Å². The lowest BCUT2D eigenvalue weighted by atomic mass is 9.95. The van der Waals surface area contributed by atoms with Crippen molar-refractivity contribution in [1.29, 1.82) is 0 Å². The van der Waals surface area contributed by atoms with E-state index in [9.17, 15) is 14.9 Å². The number of hydrogen-bond donors (Lipinski definition) is 0. The van der Waals surface area contributed by atoms with Crippen LogP contribution in [0, 0.1) is 10.1 Å². The van der Waals surface area contributed by atoms with Crippen LogP contribution < -0.4 is 18.9 Å². The molecule has 37 heavy (non-hydrogen) atoms. The summed E-state index contributed by atoms with van der Waals surface area (Å²) in [4.78, 5) is 25.1. The Labute approximate surface area is 218 Å². The Bertz CT molecular complexity index is 1220. The molecule has 0 aliphatic heterocycles. The molecule has 0 N–H and O–H groups in total. The Hall–Kier alpha value is -3.37. The van der Waals surface area contributed by atoms with Crippen LogP contribution in [0.25, 0.3) is 11.1 Å². The van der Waals surface area contributed by atoms with Crippen LogP contribution >= 0.6 is 0 Å². The summed E-state index contributed by atoms with van der Waals surface area (Å²) in [6.07, 6.45) is -0.412. The van der Waals surface area contributed by atoms with Gasteiger partial charge in [0.05, 0.1) is 33.4 Å². The van der Waals surface area contributed by atoms with Crippen LogP contribution in [0.1, 0.15) is 38.3 Å². The zero-order chi connectivity index (χ0) is 27.7. The summed E-state index contributed by atoms with van der Waals surface area (Å²) in [7, 11) is 3.61. The van der Waals surface area contributed by atoms with Gasteiger partial charge in [-0.1, -0.05) is 26.8 Å². The molecule has 2 aromatic rings. The predicted molar refractivity (Wildman–Crippen MR) is 144 cm³/mol. The van der Waals surface area contributed by atoms with Gasteiger partial charge in [0.25, 0.3) is 0 Å². The number of nitro benzene ring substituents is 1. The average molecular weight is 530 g/mol. The Kier molecular flexibility index (Phi) is 8.04. The summed E-state index contributed by atoms with van der Waals surface area (Å²) in [5, 5.41) is 11.6. The number of hydrogen-bond acceptors (Lipinski definition) is 8. The highest BCUT2D eigenvalue weighted by Gasteiger charge is 2.44. The zero-order valence-electron chi connectivity index (χ0n) is 22.9. The highest BCUT2D eigenvalue weighted by atomic mass is 28.4. The maximum Gasteiger partial charge on any atom is 0.311 e. The van der Waals surface area contributed by atoms with Gasteiger partial charge < -0.3 is 23.4 Å². The number of carbonyl (C=O) groups is 1. The summed E-state index contributed by atoms with van der Waals surface area (Å²) < 4.78 is 28.3. The van der Waals surface area contributed by atoms with Crippen molar-refractivity contribution in [3.63, 3.8) is 0 Å². The topological polar surface area (TPSA) is 106 Å². The number of ketones is 1. The molecule has 9 nitrogen and oxygen atoms in total. The second-order valence-corrected chi connectivity index (χ2v) is 15.1. The lowest BCUT2D eigenvalue weighted by Gasteiger charge is -2.38. The molecule has 0 bridgehead atoms. The number of rotatable bonds is 9. The SMILES string of the molecule is COc1ccc(C2=C(c3cc(OC)c(OC)c(OC)c3)CC(O[Si](C)(C)C(C)(C)C)C2=O)cc1[N+](=O)[O-]. The van der Waals surface area contributed by atoms with Gasteiger partial charge in [0.15, 0.2) is 31.3 Å². The minimum Gasteiger partial charge on any atom is -0.493 e. The van der Waals surface area contributed by atoms with Crippen LogP contribution in [0.2, 0.25) is 18.1 Å². The maximum absolute atomic E-state index is 13.9. The zero-order valence-corrected chi connectivity index (χ0v) is 23.9. The molecule has 0 spiro atoms. The lowest BCUT2D eigenvalue weighted by molar-refractivity contribution is -0.385. The van der Waals surface area contributed by atoms with E-state index < -0.39 is 19.3 Å². The third-order valence-corrected chi connectivity index (χ3v) is 11.6. The van der Waals surface area contributed by atoms with Crippen LogP contribution in [0.5, 0.6) is 23.0 Å². The number of carbonyl (C=O) groups excluding carboxylic acids is 1. The van der Waals surface area contributed by atoms with Gasteiger partial charge in [-0.2, -0.15) is 0 Å². The molecular weight excluding hydrogens is 494 g/mol. The van der Waals surface area contributed by atoms with Gasteiger partial charge in [-0.25, -0.2) is 0 Å². The Morgan fingerprint density at radius 2 is 1.46 bits per heavy atom. The van der Waals surface area contributed by atoms with Crippen LogP contribution in [0.4, 0.5) is 5.69 Å². The normalized spacial score (nSPS) is 16.1. The van der Waals surface area contributed by atoms with Crippen LogP contribution in [-0.2, 0) is 9.22 Å². The number of Topliss-reactive ketones (excluding diaryl/α,β-unsaturated/α-hetero) is 1. The van der Waals surface area contributed by atoms with Crippen molar-refractivity contribution in [2.24, 2.45) is 0 Å². The van der Waals surface area contributed by atoms with Gasteiger partial charge in [0, 0.05) is 18.1 Å². The van der Waals surface area contributed by atoms with Crippen molar-refractivity contribution in [3.05, 3.63) is 51.6 Å². The van der Waals surface area contributed by atoms with Gasteiger partial charge >= 0.3 is 5.69 Å². The second-order valence-electron chi connectivity index (χ2n) is 10.3. The van der Waals surface area contributed by atoms with E-state index in [1.54, 1.807) is 18.2 Å². The van der Waals surface area contributed by atoms with Crippen molar-refractivity contribution >= 4 is 30.9 Å². The molecule has 1 atom stereocenters. The van der Waals surface area contributed by atoms with Crippen molar-refractivity contribution in [1.82, 2.24) is 0 Å². The molecule has 2 aromatic carbocycles. The van der Waals surface area contributed by atoms with Gasteiger partial charge in [-0.3, -0.25) is 14.9 Å². The fourth-order valence-electron chi connectivity index (χ4n) is 4.14. The molecule has 200 valence electrons. The standard InChI is InChI=1S/C27H35NO8Si/c1-27(2,3)37(8,9)36-21-15-18(17-13-22(33-5)26(35-7)23(14-17)34-6)24(25(21)29)16-10-11-20(32-4)19(12-16)28(30)31/h10-14,21H,15H2,1-9H3. The monoisotopic (exact) mass is 529 g/mol. The summed E-state index contributed by atoms with van der Waals surface area (Å²) in [5.74, 6) is 1.20. The van der Waals surface area contributed by atoms with Crippen molar-refractivity contribution in [2.45, 2.75) is 51.4 Å². The first kappa shape index (κ1) is 28.2. The molecule has 0 radical (unpaired) electrons. The fraction of sp³-hybridized carbons (Fsp3) is 0.444. The maximum atomic E-state index is 13.9.